The first kappa shape index (κ1) is 19.2. The molecule has 3 nitrogen and oxygen atoms in total. The summed E-state index contributed by atoms with van der Waals surface area (Å²) in [6.45, 7) is 4.84. The van der Waals surface area contributed by atoms with Crippen molar-refractivity contribution in [2.75, 3.05) is 6.54 Å². The van der Waals surface area contributed by atoms with Gasteiger partial charge in [0.1, 0.15) is 0 Å². The Hall–Kier alpha value is -2.59. The lowest BCUT2D eigenvalue weighted by molar-refractivity contribution is 0.922. The highest BCUT2D eigenvalue weighted by Crippen LogP contribution is 2.30. The smallest absolute Gasteiger partial charge is 0.234 e. The third-order valence-electron chi connectivity index (χ3n) is 4.71. The Labute approximate surface area is 163 Å². The Kier molecular flexibility index (Phi) is 6.30. The summed E-state index contributed by atoms with van der Waals surface area (Å²) in [5.41, 5.74) is 13.5. The highest BCUT2D eigenvalue weighted by Gasteiger charge is 2.16. The van der Waals surface area contributed by atoms with Crippen LogP contribution in [0.1, 0.15) is 43.5 Å². The SMILES string of the molecule is [B]n1cccc1/C(CCN)=C1N=C(/C=C/c2ccc(CCC)cc2)C=C\1C. The van der Waals surface area contributed by atoms with Crippen LogP contribution in [0.3, 0.4) is 0 Å². The van der Waals surface area contributed by atoms with Crippen LogP contribution in [0.5, 0.6) is 0 Å². The summed E-state index contributed by atoms with van der Waals surface area (Å²) in [6, 6.07) is 12.7. The maximum Gasteiger partial charge on any atom is 0.234 e. The molecule has 4 heteroatoms. The number of rotatable bonds is 7. The lowest BCUT2D eigenvalue weighted by Gasteiger charge is -2.11. The van der Waals surface area contributed by atoms with Gasteiger partial charge >= 0.3 is 0 Å². The number of aromatic nitrogens is 1. The lowest BCUT2D eigenvalue weighted by atomic mass is 10.0. The summed E-state index contributed by atoms with van der Waals surface area (Å²) in [6.07, 6.45) is 11.1. The van der Waals surface area contributed by atoms with Crippen molar-refractivity contribution in [3.05, 3.63) is 82.8 Å². The van der Waals surface area contributed by atoms with Crippen molar-refractivity contribution in [3.8, 4) is 0 Å². The Morgan fingerprint density at radius 3 is 2.59 bits per heavy atom. The highest BCUT2D eigenvalue weighted by atomic mass is 14.9. The van der Waals surface area contributed by atoms with E-state index in [0.717, 1.165) is 41.1 Å². The topological polar surface area (TPSA) is 43.3 Å². The van der Waals surface area contributed by atoms with Crippen LogP contribution in [0.4, 0.5) is 0 Å². The average Bonchev–Trinajstić information content (AvgIpc) is 3.25. The first-order valence-electron chi connectivity index (χ1n) is 9.52. The number of aliphatic imine (C=N–C) groups is 1. The number of aryl methyl sites for hydroxylation is 1. The fraction of sp³-hybridized carbons (Fsp3) is 0.261. The van der Waals surface area contributed by atoms with Gasteiger partial charge < -0.3 is 10.2 Å². The first-order valence-corrected chi connectivity index (χ1v) is 9.52. The minimum absolute atomic E-state index is 0.558. The number of hydrogen-bond donors (Lipinski definition) is 1. The molecule has 27 heavy (non-hydrogen) atoms. The summed E-state index contributed by atoms with van der Waals surface area (Å²) >= 11 is 0. The number of nitrogens with zero attached hydrogens (tertiary/aromatic N) is 2. The van der Waals surface area contributed by atoms with Crippen molar-refractivity contribution in [1.29, 1.82) is 0 Å². The average molecular weight is 355 g/mol. The van der Waals surface area contributed by atoms with Crippen LogP contribution in [0.25, 0.3) is 11.6 Å². The van der Waals surface area contributed by atoms with Crippen molar-refractivity contribution in [3.63, 3.8) is 0 Å². The number of hydrogen-bond acceptors (Lipinski definition) is 2. The number of allylic oxidation sites excluding steroid dienone is 3. The largest absolute Gasteiger partial charge is 0.403 e. The van der Waals surface area contributed by atoms with E-state index in [-0.39, 0.29) is 0 Å². The molecule has 1 aromatic heterocycles. The maximum atomic E-state index is 6.05. The molecule has 1 aliphatic heterocycles. The predicted octanol–water partition coefficient (Wildman–Crippen LogP) is 4.55. The third-order valence-corrected chi connectivity index (χ3v) is 4.71. The molecule has 0 unspecified atom stereocenters. The van der Waals surface area contributed by atoms with Crippen LogP contribution < -0.4 is 5.73 Å². The van der Waals surface area contributed by atoms with Crippen molar-refractivity contribution < 1.29 is 0 Å². The van der Waals surface area contributed by atoms with E-state index < -0.39 is 0 Å². The minimum Gasteiger partial charge on any atom is -0.403 e. The zero-order chi connectivity index (χ0) is 19.2. The molecule has 0 spiro atoms. The van der Waals surface area contributed by atoms with Gasteiger partial charge in [-0.25, -0.2) is 4.99 Å². The Morgan fingerprint density at radius 2 is 1.96 bits per heavy atom. The Morgan fingerprint density at radius 1 is 1.19 bits per heavy atom. The van der Waals surface area contributed by atoms with E-state index in [4.69, 9.17) is 18.7 Å². The fourth-order valence-corrected chi connectivity index (χ4v) is 3.36. The van der Waals surface area contributed by atoms with Gasteiger partial charge in [-0.2, -0.15) is 0 Å². The van der Waals surface area contributed by atoms with E-state index in [9.17, 15) is 0 Å². The summed E-state index contributed by atoms with van der Waals surface area (Å²) < 4.78 is 1.63. The van der Waals surface area contributed by atoms with Crippen molar-refractivity contribution in [2.24, 2.45) is 10.7 Å². The molecule has 0 saturated heterocycles. The molecule has 0 atom stereocenters. The molecule has 136 valence electrons. The van der Waals surface area contributed by atoms with Crippen molar-refractivity contribution >= 4 is 25.3 Å². The van der Waals surface area contributed by atoms with E-state index in [0.29, 0.717) is 6.54 Å². The second-order valence-electron chi connectivity index (χ2n) is 6.86. The van der Waals surface area contributed by atoms with Gasteiger partial charge in [-0.1, -0.05) is 43.7 Å². The van der Waals surface area contributed by atoms with Gasteiger partial charge in [-0.05, 0) is 73.5 Å². The van der Waals surface area contributed by atoms with E-state index in [1.807, 2.05) is 18.3 Å². The van der Waals surface area contributed by atoms with Crippen molar-refractivity contribution in [1.82, 2.24) is 4.48 Å². The second kappa shape index (κ2) is 8.87. The van der Waals surface area contributed by atoms with Crippen LogP contribution in [0.2, 0.25) is 0 Å². The van der Waals surface area contributed by atoms with Gasteiger partial charge in [0, 0.05) is 11.3 Å². The number of nitrogens with two attached hydrogens (primary N) is 1. The summed E-state index contributed by atoms with van der Waals surface area (Å²) in [5, 5.41) is 0. The van der Waals surface area contributed by atoms with E-state index in [2.05, 4.69) is 56.3 Å². The summed E-state index contributed by atoms with van der Waals surface area (Å²) in [5.74, 6) is 0. The lowest BCUT2D eigenvalue weighted by Crippen LogP contribution is -2.05. The molecular weight excluding hydrogens is 329 g/mol. The van der Waals surface area contributed by atoms with Crippen LogP contribution in [-0.2, 0) is 6.42 Å². The van der Waals surface area contributed by atoms with Gasteiger partial charge in [0.05, 0.1) is 11.4 Å². The normalized spacial score (nSPS) is 16.0. The van der Waals surface area contributed by atoms with Gasteiger partial charge in [-0.15, -0.1) is 0 Å². The highest BCUT2D eigenvalue weighted by molar-refractivity contribution is 6.11. The molecular formula is C23H26BN3. The van der Waals surface area contributed by atoms with Gasteiger partial charge in [0.25, 0.3) is 0 Å². The van der Waals surface area contributed by atoms with Gasteiger partial charge in [-0.3, -0.25) is 0 Å². The van der Waals surface area contributed by atoms with E-state index in [1.54, 1.807) is 4.48 Å². The molecule has 1 aliphatic rings. The molecule has 0 bridgehead atoms. The van der Waals surface area contributed by atoms with Gasteiger partial charge in [0.15, 0.2) is 0 Å². The minimum atomic E-state index is 0.558. The summed E-state index contributed by atoms with van der Waals surface area (Å²) in [4.78, 5) is 4.84. The number of benzene rings is 1. The zero-order valence-corrected chi connectivity index (χ0v) is 16.2. The summed E-state index contributed by atoms with van der Waals surface area (Å²) in [7, 11) is 6.05. The van der Waals surface area contributed by atoms with E-state index >= 15 is 0 Å². The molecule has 3 rings (SSSR count). The Bertz CT molecular complexity index is 911. The standard InChI is InChI=1S/C23H26BN3/c1-3-5-18-7-9-19(10-8-18)11-12-20-16-17(2)23(26-20)21(13-14-25)22-6-4-15-27(22)24/h4,6-12,15-16H,3,5,13-14,25H2,1-2H3/b12-11+,23-21-. The third kappa shape index (κ3) is 4.58. The van der Waals surface area contributed by atoms with Gasteiger partial charge in [0.2, 0.25) is 7.98 Å². The molecule has 2 N–H and O–H groups in total. The monoisotopic (exact) mass is 355 g/mol. The quantitative estimate of drug-likeness (QED) is 0.728. The van der Waals surface area contributed by atoms with Crippen LogP contribution in [0, 0.1) is 0 Å². The molecule has 0 saturated carbocycles. The molecule has 2 heterocycles. The molecule has 0 aliphatic carbocycles. The molecule has 0 amide bonds. The first-order chi connectivity index (χ1) is 13.1. The maximum absolute atomic E-state index is 6.05. The van der Waals surface area contributed by atoms with Crippen LogP contribution in [0.15, 0.2) is 71.0 Å². The predicted molar refractivity (Wildman–Crippen MR) is 117 cm³/mol. The van der Waals surface area contributed by atoms with Crippen LogP contribution in [-0.4, -0.2) is 24.7 Å². The van der Waals surface area contributed by atoms with E-state index in [1.165, 1.54) is 17.5 Å². The second-order valence-corrected chi connectivity index (χ2v) is 6.86. The molecule has 2 aromatic rings. The van der Waals surface area contributed by atoms with Crippen LogP contribution >= 0.6 is 0 Å². The van der Waals surface area contributed by atoms with Crippen molar-refractivity contribution in [2.45, 2.75) is 33.1 Å². The zero-order valence-electron chi connectivity index (χ0n) is 16.2. The fourth-order valence-electron chi connectivity index (χ4n) is 3.36. The Balaban J connectivity index is 1.86. The molecule has 2 radical (unpaired) electrons. The molecule has 1 aromatic carbocycles. The molecule has 0 fully saturated rings.